The van der Waals surface area contributed by atoms with E-state index in [1.165, 1.54) is 19.3 Å². The fourth-order valence-electron chi connectivity index (χ4n) is 4.12. The number of hydrogen-bond acceptors (Lipinski definition) is 3. The van der Waals surface area contributed by atoms with Gasteiger partial charge in [0.05, 0.1) is 23.7 Å². The van der Waals surface area contributed by atoms with Gasteiger partial charge >= 0.3 is 0 Å². The highest BCUT2D eigenvalue weighted by atomic mass is 79.9. The molecule has 148 valence electrons. The van der Waals surface area contributed by atoms with E-state index in [9.17, 15) is 5.11 Å². The summed E-state index contributed by atoms with van der Waals surface area (Å²) in [6.45, 7) is 4.47. The molecule has 1 aromatic heterocycles. The molecule has 0 spiro atoms. The van der Waals surface area contributed by atoms with Crippen LogP contribution in [0.5, 0.6) is 0 Å². The molecule has 6 heteroatoms. The van der Waals surface area contributed by atoms with E-state index in [1.54, 1.807) is 0 Å². The van der Waals surface area contributed by atoms with Crippen LogP contribution in [0.25, 0.3) is 11.0 Å². The second-order valence-corrected chi connectivity index (χ2v) is 8.46. The summed E-state index contributed by atoms with van der Waals surface area (Å²) >= 11 is 3.47. The molecule has 4 rings (SSSR count). The minimum atomic E-state index is -0.659. The molecule has 0 aliphatic carbocycles. The Morgan fingerprint density at radius 3 is 2.36 bits per heavy atom. The first-order valence-electron chi connectivity index (χ1n) is 10.0. The molecule has 28 heavy (non-hydrogen) atoms. The number of rotatable bonds is 6. The zero-order valence-electron chi connectivity index (χ0n) is 16.0. The molecule has 0 saturated carbocycles. The van der Waals surface area contributed by atoms with Crippen molar-refractivity contribution in [2.24, 2.45) is 0 Å². The zero-order chi connectivity index (χ0) is 19.5. The van der Waals surface area contributed by atoms with Gasteiger partial charge in [0.25, 0.3) is 0 Å². The number of aromatic nitrogens is 2. The fourth-order valence-corrected chi connectivity index (χ4v) is 4.54. The van der Waals surface area contributed by atoms with Gasteiger partial charge in [-0.05, 0) is 55.8 Å². The number of benzene rings is 2. The number of aliphatic hydroxyl groups excluding tert-OH is 1. The minimum Gasteiger partial charge on any atom is -0.387 e. The smallest absolute Gasteiger partial charge is 0.203 e. The highest BCUT2D eigenvalue weighted by molar-refractivity contribution is 9.10. The molecule has 3 aromatic rings. The van der Waals surface area contributed by atoms with Crippen molar-refractivity contribution < 1.29 is 5.11 Å². The SMILES string of the molecule is N=c1n(CCN2CCCCC2)c2ccccc2n1C[C@H](O)c1cccc(Br)c1. The summed E-state index contributed by atoms with van der Waals surface area (Å²) in [4.78, 5) is 2.50. The maximum atomic E-state index is 10.8. The number of imidazole rings is 1. The van der Waals surface area contributed by atoms with Crippen LogP contribution in [0.2, 0.25) is 0 Å². The van der Waals surface area contributed by atoms with Crippen LogP contribution >= 0.6 is 15.9 Å². The Labute approximate surface area is 173 Å². The summed E-state index contributed by atoms with van der Waals surface area (Å²) in [5.74, 6) is 0. The van der Waals surface area contributed by atoms with Gasteiger partial charge in [0, 0.05) is 17.6 Å². The first-order valence-corrected chi connectivity index (χ1v) is 10.8. The van der Waals surface area contributed by atoms with Gasteiger partial charge in [0.15, 0.2) is 0 Å². The third-order valence-electron chi connectivity index (χ3n) is 5.65. The topological polar surface area (TPSA) is 57.2 Å². The summed E-state index contributed by atoms with van der Waals surface area (Å²) in [5, 5.41) is 19.6. The number of halogens is 1. The number of fused-ring (bicyclic) bond motifs is 1. The molecule has 2 aromatic carbocycles. The molecule has 0 radical (unpaired) electrons. The molecule has 1 saturated heterocycles. The molecule has 0 bridgehead atoms. The van der Waals surface area contributed by atoms with Crippen LogP contribution in [0.3, 0.4) is 0 Å². The summed E-state index contributed by atoms with van der Waals surface area (Å²) in [6, 6.07) is 15.9. The van der Waals surface area contributed by atoms with Crippen LogP contribution in [-0.4, -0.2) is 38.8 Å². The molecule has 1 aliphatic heterocycles. The summed E-state index contributed by atoms with van der Waals surface area (Å²) in [6.07, 6.45) is 3.23. The lowest BCUT2D eigenvalue weighted by molar-refractivity contribution is 0.155. The first kappa shape index (κ1) is 19.4. The van der Waals surface area contributed by atoms with Crippen LogP contribution in [0.4, 0.5) is 0 Å². The molecule has 2 heterocycles. The van der Waals surface area contributed by atoms with Gasteiger partial charge < -0.3 is 19.1 Å². The Morgan fingerprint density at radius 2 is 1.64 bits per heavy atom. The number of likely N-dealkylation sites (tertiary alicyclic amines) is 1. The van der Waals surface area contributed by atoms with Crippen molar-refractivity contribution in [2.75, 3.05) is 19.6 Å². The Balaban J connectivity index is 1.61. The van der Waals surface area contributed by atoms with Crippen molar-refractivity contribution in [3.05, 3.63) is 64.2 Å². The van der Waals surface area contributed by atoms with Gasteiger partial charge in [-0.15, -0.1) is 0 Å². The highest BCUT2D eigenvalue weighted by Crippen LogP contribution is 2.21. The molecule has 0 unspecified atom stereocenters. The number of hydrogen-bond donors (Lipinski definition) is 2. The Kier molecular flexibility index (Phi) is 5.99. The van der Waals surface area contributed by atoms with Crippen molar-refractivity contribution in [3.8, 4) is 0 Å². The number of aliphatic hydroxyl groups is 1. The lowest BCUT2D eigenvalue weighted by Crippen LogP contribution is -2.35. The highest BCUT2D eigenvalue weighted by Gasteiger charge is 2.16. The molecule has 0 amide bonds. The van der Waals surface area contributed by atoms with Crippen LogP contribution in [0, 0.1) is 5.41 Å². The molecule has 1 fully saturated rings. The van der Waals surface area contributed by atoms with Crippen molar-refractivity contribution in [2.45, 2.75) is 38.5 Å². The van der Waals surface area contributed by atoms with Gasteiger partial charge in [-0.25, -0.2) is 0 Å². The predicted molar refractivity (Wildman–Crippen MR) is 115 cm³/mol. The van der Waals surface area contributed by atoms with Gasteiger partial charge in [-0.1, -0.05) is 46.6 Å². The van der Waals surface area contributed by atoms with Gasteiger partial charge in [0.2, 0.25) is 5.62 Å². The lowest BCUT2D eigenvalue weighted by Gasteiger charge is -2.26. The fraction of sp³-hybridized carbons (Fsp3) is 0.409. The maximum absolute atomic E-state index is 10.8. The van der Waals surface area contributed by atoms with E-state index in [1.807, 2.05) is 47.0 Å². The molecule has 1 aliphatic rings. The lowest BCUT2D eigenvalue weighted by atomic mass is 10.1. The van der Waals surface area contributed by atoms with Gasteiger partial charge in [-0.3, -0.25) is 5.41 Å². The van der Waals surface area contributed by atoms with Crippen molar-refractivity contribution >= 4 is 27.0 Å². The third kappa shape index (κ3) is 4.09. The second kappa shape index (κ2) is 8.64. The summed E-state index contributed by atoms with van der Waals surface area (Å²) < 4.78 is 4.96. The van der Waals surface area contributed by atoms with Crippen LogP contribution in [0.15, 0.2) is 53.0 Å². The van der Waals surface area contributed by atoms with E-state index in [0.29, 0.717) is 12.2 Å². The van der Waals surface area contributed by atoms with E-state index >= 15 is 0 Å². The third-order valence-corrected chi connectivity index (χ3v) is 6.15. The van der Waals surface area contributed by atoms with Crippen molar-refractivity contribution in [1.82, 2.24) is 14.0 Å². The monoisotopic (exact) mass is 442 g/mol. The standard InChI is InChI=1S/C22H27BrN4O/c23-18-8-6-7-17(15-18)21(28)16-27-20-10-3-2-9-19(20)26(22(27)24)14-13-25-11-4-1-5-12-25/h2-3,6-10,15,21,24,28H,1,4-5,11-14,16H2/t21-/m0/s1. The second-order valence-electron chi connectivity index (χ2n) is 7.55. The Morgan fingerprint density at radius 1 is 0.929 bits per heavy atom. The first-order chi connectivity index (χ1) is 13.6. The van der Waals surface area contributed by atoms with E-state index in [2.05, 4.69) is 31.5 Å². The van der Waals surface area contributed by atoms with Gasteiger partial charge in [0.1, 0.15) is 0 Å². The number of nitrogens with one attached hydrogen (secondary N) is 1. The Bertz CT molecular complexity index is 1000. The molecule has 5 nitrogen and oxygen atoms in total. The van der Waals surface area contributed by atoms with Crippen LogP contribution in [-0.2, 0) is 13.1 Å². The zero-order valence-corrected chi connectivity index (χ0v) is 17.6. The quantitative estimate of drug-likeness (QED) is 0.607. The largest absolute Gasteiger partial charge is 0.387 e. The Hall–Kier alpha value is -1.89. The van der Waals surface area contributed by atoms with E-state index in [4.69, 9.17) is 5.41 Å². The van der Waals surface area contributed by atoms with E-state index in [-0.39, 0.29) is 0 Å². The van der Waals surface area contributed by atoms with Crippen LogP contribution < -0.4 is 5.62 Å². The van der Waals surface area contributed by atoms with E-state index < -0.39 is 6.10 Å². The number of nitrogens with zero attached hydrogens (tertiary/aromatic N) is 3. The summed E-state index contributed by atoms with van der Waals surface area (Å²) in [5.41, 5.74) is 3.37. The molecule has 2 N–H and O–H groups in total. The van der Waals surface area contributed by atoms with Crippen LogP contribution in [0.1, 0.15) is 30.9 Å². The maximum Gasteiger partial charge on any atom is 0.203 e. The predicted octanol–water partition coefficient (Wildman–Crippen LogP) is 3.90. The summed E-state index contributed by atoms with van der Waals surface area (Å²) in [7, 11) is 0. The van der Waals surface area contributed by atoms with Crippen molar-refractivity contribution in [3.63, 3.8) is 0 Å². The number of para-hydroxylation sites is 2. The minimum absolute atomic E-state index is 0.368. The number of piperidine rings is 1. The van der Waals surface area contributed by atoms with Crippen molar-refractivity contribution in [1.29, 1.82) is 5.41 Å². The molecular weight excluding hydrogens is 416 g/mol. The van der Waals surface area contributed by atoms with E-state index in [0.717, 1.165) is 47.2 Å². The average Bonchev–Trinajstić information content (AvgIpc) is 2.98. The molecule has 1 atom stereocenters. The average molecular weight is 443 g/mol. The molecular formula is C22H27BrN4O. The van der Waals surface area contributed by atoms with Gasteiger partial charge in [-0.2, -0.15) is 0 Å². The normalized spacial score (nSPS) is 16.5.